The molecule has 9 nitrogen and oxygen atoms in total. The van der Waals surface area contributed by atoms with Gasteiger partial charge in [0.1, 0.15) is 11.5 Å². The van der Waals surface area contributed by atoms with Crippen molar-refractivity contribution in [2.75, 3.05) is 41.8 Å². The number of carbonyl (C=O) groups excluding carboxylic acids is 2. The summed E-state index contributed by atoms with van der Waals surface area (Å²) in [5, 5.41) is 8.95. The van der Waals surface area contributed by atoms with E-state index in [0.717, 1.165) is 62.6 Å². The Morgan fingerprint density at radius 2 is 1.89 bits per heavy atom. The van der Waals surface area contributed by atoms with Crippen molar-refractivity contribution in [3.8, 4) is 0 Å². The third-order valence-electron chi connectivity index (χ3n) is 7.29. The molecule has 12 heteroatoms. The minimum atomic E-state index is -3.58. The zero-order valence-corrected chi connectivity index (χ0v) is 20.6. The maximum Gasteiger partial charge on any atom is 0.342 e. The lowest BCUT2D eigenvalue weighted by Crippen LogP contribution is -2.48. The number of nitrogens with one attached hydrogen (secondary N) is 3. The number of nitrogens with zero attached hydrogens (tertiary/aromatic N) is 4. The standard InChI is InChI=1S/C25H30F3N7O2/c1-34-20-13-30-24(33-21(20)35(17-4-2-3-5-17)14-25(27,28)23(34)37)32-19-7-6-15(12-18(19)26)22(36)31-16-8-10-29-11-9-16/h6-7,12-13,16-17,29H,2-5,8-11,14H2,1H3,(H,31,36)(H,30,32,33). The van der Waals surface area contributed by atoms with Gasteiger partial charge in [0, 0.05) is 24.7 Å². The highest BCUT2D eigenvalue weighted by Gasteiger charge is 2.48. The summed E-state index contributed by atoms with van der Waals surface area (Å²) in [4.78, 5) is 35.9. The number of piperidine rings is 1. The van der Waals surface area contributed by atoms with Crippen molar-refractivity contribution in [3.63, 3.8) is 0 Å². The molecule has 0 radical (unpaired) electrons. The van der Waals surface area contributed by atoms with Crippen LogP contribution in [0.2, 0.25) is 0 Å². The van der Waals surface area contributed by atoms with Crippen LogP contribution in [0.5, 0.6) is 0 Å². The van der Waals surface area contributed by atoms with E-state index in [1.54, 1.807) is 0 Å². The fourth-order valence-electron chi connectivity index (χ4n) is 5.22. The van der Waals surface area contributed by atoms with Gasteiger partial charge in [0.25, 0.3) is 11.8 Å². The van der Waals surface area contributed by atoms with Crippen LogP contribution in [-0.4, -0.2) is 66.5 Å². The molecule has 5 rings (SSSR count). The zero-order valence-electron chi connectivity index (χ0n) is 20.6. The van der Waals surface area contributed by atoms with Crippen LogP contribution in [0.1, 0.15) is 48.9 Å². The summed E-state index contributed by atoms with van der Waals surface area (Å²) in [6.45, 7) is 0.866. The summed E-state index contributed by atoms with van der Waals surface area (Å²) in [6, 6.07) is 3.92. The molecule has 0 spiro atoms. The van der Waals surface area contributed by atoms with Crippen molar-refractivity contribution in [1.29, 1.82) is 0 Å². The SMILES string of the molecule is CN1C(=O)C(F)(F)CN(C2CCCC2)c2nc(Nc3ccc(C(=O)NC4CCNCC4)cc3F)ncc21. The molecule has 1 saturated heterocycles. The molecule has 1 aliphatic carbocycles. The average molecular weight is 518 g/mol. The van der Waals surface area contributed by atoms with Gasteiger partial charge in [-0.25, -0.2) is 9.37 Å². The summed E-state index contributed by atoms with van der Waals surface area (Å²) in [7, 11) is 1.27. The molecule has 37 heavy (non-hydrogen) atoms. The second-order valence-corrected chi connectivity index (χ2v) is 9.85. The van der Waals surface area contributed by atoms with E-state index in [9.17, 15) is 22.8 Å². The van der Waals surface area contributed by atoms with Crippen LogP contribution in [0.15, 0.2) is 24.4 Å². The maximum atomic E-state index is 14.9. The summed E-state index contributed by atoms with van der Waals surface area (Å²) in [5.41, 5.74) is 0.401. The van der Waals surface area contributed by atoms with Gasteiger partial charge in [0.2, 0.25) is 5.95 Å². The summed E-state index contributed by atoms with van der Waals surface area (Å²) in [5.74, 6) is -5.72. The van der Waals surface area contributed by atoms with Crippen LogP contribution >= 0.6 is 0 Å². The molecule has 2 amide bonds. The average Bonchev–Trinajstić information content (AvgIpc) is 3.41. The first kappa shape index (κ1) is 25.2. The second-order valence-electron chi connectivity index (χ2n) is 9.85. The van der Waals surface area contributed by atoms with Crippen molar-refractivity contribution in [1.82, 2.24) is 20.6 Å². The largest absolute Gasteiger partial charge is 0.349 e. The van der Waals surface area contributed by atoms with Gasteiger partial charge in [-0.3, -0.25) is 9.59 Å². The van der Waals surface area contributed by atoms with Crippen molar-refractivity contribution >= 4 is 35.0 Å². The summed E-state index contributed by atoms with van der Waals surface area (Å²) >= 11 is 0. The first-order chi connectivity index (χ1) is 17.7. The van der Waals surface area contributed by atoms with Crippen molar-refractivity contribution in [2.45, 2.75) is 56.5 Å². The van der Waals surface area contributed by atoms with Gasteiger partial charge >= 0.3 is 5.92 Å². The molecular weight excluding hydrogens is 487 g/mol. The van der Waals surface area contributed by atoms with Gasteiger partial charge in [-0.2, -0.15) is 13.8 Å². The topological polar surface area (TPSA) is 102 Å². The van der Waals surface area contributed by atoms with Gasteiger partial charge in [-0.1, -0.05) is 12.8 Å². The number of hydrogen-bond donors (Lipinski definition) is 3. The van der Waals surface area contributed by atoms with Gasteiger partial charge in [0.15, 0.2) is 5.82 Å². The highest BCUT2D eigenvalue weighted by molar-refractivity contribution is 6.02. The predicted octanol–water partition coefficient (Wildman–Crippen LogP) is 3.20. The Bertz CT molecular complexity index is 1180. The van der Waals surface area contributed by atoms with Crippen LogP contribution in [0.25, 0.3) is 0 Å². The number of amides is 2. The number of benzene rings is 1. The Morgan fingerprint density at radius 3 is 2.59 bits per heavy atom. The molecule has 3 aliphatic rings. The fraction of sp³-hybridized carbons (Fsp3) is 0.520. The van der Waals surface area contributed by atoms with Crippen LogP contribution in [0.3, 0.4) is 0 Å². The maximum absolute atomic E-state index is 14.9. The van der Waals surface area contributed by atoms with Gasteiger partial charge in [-0.15, -0.1) is 0 Å². The number of alkyl halides is 2. The number of aromatic nitrogens is 2. The first-order valence-electron chi connectivity index (χ1n) is 12.6. The molecular formula is C25H30F3N7O2. The number of halogens is 3. The van der Waals surface area contributed by atoms with E-state index in [0.29, 0.717) is 0 Å². The number of carbonyl (C=O) groups is 2. The highest BCUT2D eigenvalue weighted by Crippen LogP contribution is 2.39. The number of rotatable bonds is 5. The van der Waals surface area contributed by atoms with E-state index < -0.39 is 24.2 Å². The number of fused-ring (bicyclic) bond motifs is 1. The van der Waals surface area contributed by atoms with E-state index in [2.05, 4.69) is 25.9 Å². The van der Waals surface area contributed by atoms with Crippen molar-refractivity contribution in [3.05, 3.63) is 35.8 Å². The van der Waals surface area contributed by atoms with Crippen molar-refractivity contribution in [2.24, 2.45) is 0 Å². The van der Waals surface area contributed by atoms with Crippen LogP contribution in [0, 0.1) is 5.82 Å². The van der Waals surface area contributed by atoms with E-state index in [4.69, 9.17) is 0 Å². The molecule has 2 aliphatic heterocycles. The highest BCUT2D eigenvalue weighted by atomic mass is 19.3. The molecule has 0 unspecified atom stereocenters. The molecule has 2 fully saturated rings. The Balaban J connectivity index is 1.38. The lowest BCUT2D eigenvalue weighted by Gasteiger charge is -2.31. The van der Waals surface area contributed by atoms with Crippen LogP contribution < -0.4 is 25.8 Å². The summed E-state index contributed by atoms with van der Waals surface area (Å²) < 4.78 is 44.4. The quantitative estimate of drug-likeness (QED) is 0.560. The minimum absolute atomic E-state index is 0.00128. The van der Waals surface area contributed by atoms with Gasteiger partial charge in [0.05, 0.1) is 18.4 Å². The van der Waals surface area contributed by atoms with Gasteiger partial charge in [-0.05, 0) is 57.0 Å². The Morgan fingerprint density at radius 1 is 1.16 bits per heavy atom. The predicted molar refractivity (Wildman–Crippen MR) is 133 cm³/mol. The Hall–Kier alpha value is -3.41. The first-order valence-corrected chi connectivity index (χ1v) is 12.6. The molecule has 198 valence electrons. The van der Waals surface area contributed by atoms with E-state index >= 15 is 0 Å². The fourth-order valence-corrected chi connectivity index (χ4v) is 5.22. The van der Waals surface area contributed by atoms with Gasteiger partial charge < -0.3 is 25.8 Å². The molecule has 0 bridgehead atoms. The molecule has 3 heterocycles. The number of hydrogen-bond acceptors (Lipinski definition) is 7. The summed E-state index contributed by atoms with van der Waals surface area (Å²) in [6.07, 6.45) is 6.17. The van der Waals surface area contributed by atoms with E-state index in [1.807, 2.05) is 0 Å². The molecule has 2 aromatic rings. The van der Waals surface area contributed by atoms with Crippen molar-refractivity contribution < 1.29 is 22.8 Å². The smallest absolute Gasteiger partial charge is 0.342 e. The van der Waals surface area contributed by atoms with Crippen LogP contribution in [0.4, 0.5) is 36.3 Å². The third kappa shape index (κ3) is 5.20. The molecule has 1 saturated carbocycles. The molecule has 1 aromatic carbocycles. The Labute approximate surface area is 212 Å². The van der Waals surface area contributed by atoms with Crippen LogP contribution in [-0.2, 0) is 4.79 Å². The molecule has 3 N–H and O–H groups in total. The Kier molecular flexibility index (Phi) is 6.93. The third-order valence-corrected chi connectivity index (χ3v) is 7.29. The zero-order chi connectivity index (χ0) is 26.2. The normalized spacial score (nSPS) is 20.5. The lowest BCUT2D eigenvalue weighted by molar-refractivity contribution is -0.140. The monoisotopic (exact) mass is 517 g/mol. The molecule has 1 aromatic heterocycles. The second kappa shape index (κ2) is 10.2. The number of anilines is 4. The molecule has 0 atom stereocenters. The lowest BCUT2D eigenvalue weighted by atomic mass is 10.1. The van der Waals surface area contributed by atoms with E-state index in [1.165, 1.54) is 30.3 Å². The minimum Gasteiger partial charge on any atom is -0.349 e. The van der Waals surface area contributed by atoms with E-state index in [-0.39, 0.29) is 46.7 Å².